The molecule has 0 spiro atoms. The van der Waals surface area contributed by atoms with Crippen LogP contribution < -0.4 is 14.5 Å². The predicted molar refractivity (Wildman–Crippen MR) is 142 cm³/mol. The number of aromatic nitrogens is 2. The van der Waals surface area contributed by atoms with E-state index >= 15 is 4.39 Å². The maximum Gasteiger partial charge on any atom is 0.298 e. The Kier molecular flexibility index (Phi) is 6.90. The van der Waals surface area contributed by atoms with E-state index in [0.717, 1.165) is 6.07 Å². The molecule has 1 aromatic heterocycles. The van der Waals surface area contributed by atoms with Gasteiger partial charge in [-0.3, -0.25) is 4.79 Å². The number of amides is 1. The highest BCUT2D eigenvalue weighted by Crippen LogP contribution is 2.43. The van der Waals surface area contributed by atoms with Crippen molar-refractivity contribution in [2.24, 2.45) is 0 Å². The molecule has 5 rings (SSSR count). The van der Waals surface area contributed by atoms with Gasteiger partial charge in [-0.1, -0.05) is 30.3 Å². The fraction of sp³-hybridized carbons (Fsp3) is 0.276. The van der Waals surface area contributed by atoms with Crippen LogP contribution in [0.3, 0.4) is 0 Å². The van der Waals surface area contributed by atoms with E-state index in [9.17, 15) is 18.7 Å². The molecular weight excluding hydrogens is 509 g/mol. The lowest BCUT2D eigenvalue weighted by molar-refractivity contribution is -0.121. The number of hydrogen-bond donors (Lipinski definition) is 1. The summed E-state index contributed by atoms with van der Waals surface area (Å²) in [6.45, 7) is 4.11. The number of carbonyl (C=O) groups is 1. The highest BCUT2D eigenvalue weighted by atomic mass is 19.3. The molecule has 0 bridgehead atoms. The SMILES string of the molecule is CCN1C(=O)COc2cc3nc(C)nc(N(c4ccccc4)[C@H](C)c4cccc(C(F)(F)CO)c4F)c3cc21. The van der Waals surface area contributed by atoms with E-state index in [1.165, 1.54) is 12.1 Å². The summed E-state index contributed by atoms with van der Waals surface area (Å²) < 4.78 is 50.1. The van der Waals surface area contributed by atoms with Gasteiger partial charge in [0.15, 0.2) is 6.61 Å². The number of para-hydroxylation sites is 1. The first kappa shape index (κ1) is 26.4. The van der Waals surface area contributed by atoms with E-state index in [0.29, 0.717) is 46.2 Å². The summed E-state index contributed by atoms with van der Waals surface area (Å²) in [4.78, 5) is 25.2. The Balaban J connectivity index is 1.75. The molecule has 0 saturated carbocycles. The maximum absolute atomic E-state index is 15.6. The van der Waals surface area contributed by atoms with Gasteiger partial charge in [0.1, 0.15) is 29.8 Å². The largest absolute Gasteiger partial charge is 0.481 e. The van der Waals surface area contributed by atoms with Crippen molar-refractivity contribution in [3.8, 4) is 5.75 Å². The van der Waals surface area contributed by atoms with Crippen molar-refractivity contribution in [2.45, 2.75) is 32.7 Å². The highest BCUT2D eigenvalue weighted by Gasteiger charge is 2.36. The summed E-state index contributed by atoms with van der Waals surface area (Å²) in [6.07, 6.45) is 0. The van der Waals surface area contributed by atoms with Crippen LogP contribution in [0, 0.1) is 12.7 Å². The number of benzene rings is 3. The van der Waals surface area contributed by atoms with Crippen LogP contribution in [0.4, 0.5) is 30.4 Å². The Bertz CT molecular complexity index is 1550. The second-order valence-corrected chi connectivity index (χ2v) is 9.31. The number of hydrogen-bond acceptors (Lipinski definition) is 6. The molecule has 0 aliphatic carbocycles. The van der Waals surface area contributed by atoms with Crippen LogP contribution in [0.25, 0.3) is 10.9 Å². The van der Waals surface area contributed by atoms with E-state index < -0.39 is 30.0 Å². The first-order valence-corrected chi connectivity index (χ1v) is 12.5. The summed E-state index contributed by atoms with van der Waals surface area (Å²) in [7, 11) is 0. The van der Waals surface area contributed by atoms with Crippen LogP contribution in [0.1, 0.15) is 36.8 Å². The zero-order chi connectivity index (χ0) is 27.9. The minimum atomic E-state index is -3.75. The number of carbonyl (C=O) groups excluding carboxylic acids is 1. The van der Waals surface area contributed by atoms with E-state index in [4.69, 9.17) is 9.72 Å². The molecule has 3 aromatic carbocycles. The van der Waals surface area contributed by atoms with Crippen molar-refractivity contribution in [3.05, 3.63) is 83.4 Å². The lowest BCUT2D eigenvalue weighted by Crippen LogP contribution is -2.38. The highest BCUT2D eigenvalue weighted by molar-refractivity contribution is 6.03. The first-order chi connectivity index (χ1) is 18.7. The van der Waals surface area contributed by atoms with Gasteiger partial charge in [0.2, 0.25) is 0 Å². The molecule has 202 valence electrons. The third-order valence-corrected chi connectivity index (χ3v) is 6.85. The maximum atomic E-state index is 15.6. The zero-order valence-corrected chi connectivity index (χ0v) is 21.7. The second kappa shape index (κ2) is 10.2. The van der Waals surface area contributed by atoms with Crippen LogP contribution in [-0.4, -0.2) is 40.7 Å². The van der Waals surface area contributed by atoms with Crippen molar-refractivity contribution >= 4 is 34.0 Å². The second-order valence-electron chi connectivity index (χ2n) is 9.31. The topological polar surface area (TPSA) is 78.8 Å². The molecule has 1 amide bonds. The molecule has 0 radical (unpaired) electrons. The Morgan fingerprint density at radius 3 is 2.56 bits per heavy atom. The summed E-state index contributed by atoms with van der Waals surface area (Å²) in [5, 5.41) is 9.76. The number of aryl methyl sites for hydroxylation is 1. The van der Waals surface area contributed by atoms with Crippen LogP contribution in [0.5, 0.6) is 5.75 Å². The third kappa shape index (κ3) is 4.65. The normalized spacial score (nSPS) is 14.2. The molecule has 0 fully saturated rings. The van der Waals surface area contributed by atoms with Crippen molar-refractivity contribution < 1.29 is 27.8 Å². The number of rotatable bonds is 7. The average molecular weight is 537 g/mol. The first-order valence-electron chi connectivity index (χ1n) is 12.5. The van der Waals surface area contributed by atoms with Gasteiger partial charge in [0.05, 0.1) is 22.8 Å². The zero-order valence-electron chi connectivity index (χ0n) is 21.7. The number of anilines is 3. The van der Waals surface area contributed by atoms with Crippen LogP contribution in [0.2, 0.25) is 0 Å². The number of aliphatic hydroxyl groups excluding tert-OH is 1. The van der Waals surface area contributed by atoms with Gasteiger partial charge in [-0.25, -0.2) is 14.4 Å². The fourth-order valence-corrected chi connectivity index (χ4v) is 4.95. The minimum absolute atomic E-state index is 0.000509. The van der Waals surface area contributed by atoms with Gasteiger partial charge in [0, 0.05) is 29.2 Å². The van der Waals surface area contributed by atoms with Gasteiger partial charge < -0.3 is 19.6 Å². The van der Waals surface area contributed by atoms with Gasteiger partial charge in [0.25, 0.3) is 11.8 Å². The van der Waals surface area contributed by atoms with Crippen molar-refractivity contribution in [1.29, 1.82) is 0 Å². The monoisotopic (exact) mass is 536 g/mol. The molecule has 0 unspecified atom stereocenters. The lowest BCUT2D eigenvalue weighted by Gasteiger charge is -2.33. The summed E-state index contributed by atoms with van der Waals surface area (Å²) >= 11 is 0. The third-order valence-electron chi connectivity index (χ3n) is 6.85. The minimum Gasteiger partial charge on any atom is -0.481 e. The Morgan fingerprint density at radius 2 is 1.87 bits per heavy atom. The standard InChI is InChI=1S/C29H27F3N4O3/c1-4-35-24-13-21-23(14-25(24)39-15-26(35)38)33-18(3)34-28(21)36(19-9-6-5-7-10-19)17(2)20-11-8-12-22(27(20)30)29(31,32)16-37/h5-14,17,37H,4,15-16H2,1-3H3/t17-/m1/s1. The molecule has 7 nitrogen and oxygen atoms in total. The predicted octanol–water partition coefficient (Wildman–Crippen LogP) is 5.81. The van der Waals surface area contributed by atoms with Gasteiger partial charge >= 0.3 is 0 Å². The van der Waals surface area contributed by atoms with E-state index in [2.05, 4.69) is 4.98 Å². The van der Waals surface area contributed by atoms with Crippen LogP contribution in [-0.2, 0) is 10.7 Å². The molecule has 0 saturated heterocycles. The van der Waals surface area contributed by atoms with Gasteiger partial charge in [-0.2, -0.15) is 8.78 Å². The van der Waals surface area contributed by atoms with Crippen LogP contribution >= 0.6 is 0 Å². The lowest BCUT2D eigenvalue weighted by atomic mass is 9.98. The van der Waals surface area contributed by atoms with Crippen LogP contribution in [0.15, 0.2) is 60.7 Å². The Labute approximate surface area is 223 Å². The molecule has 1 N–H and O–H groups in total. The molecule has 1 atom stereocenters. The fourth-order valence-electron chi connectivity index (χ4n) is 4.95. The number of ether oxygens (including phenoxy) is 1. The number of halogens is 3. The quantitative estimate of drug-likeness (QED) is 0.321. The molecule has 1 aliphatic rings. The molecular formula is C29H27F3N4O3. The number of alkyl halides is 2. The number of aliphatic hydroxyl groups is 1. The van der Waals surface area contributed by atoms with Crippen molar-refractivity contribution in [2.75, 3.05) is 29.6 Å². The Morgan fingerprint density at radius 1 is 1.13 bits per heavy atom. The van der Waals surface area contributed by atoms with E-state index in [1.54, 1.807) is 35.8 Å². The molecule has 10 heteroatoms. The number of fused-ring (bicyclic) bond motifs is 2. The Hall–Kier alpha value is -4.18. The molecule has 39 heavy (non-hydrogen) atoms. The number of nitrogens with zero attached hydrogens (tertiary/aromatic N) is 4. The molecule has 4 aromatic rings. The molecule has 1 aliphatic heterocycles. The van der Waals surface area contributed by atoms with E-state index in [1.807, 2.05) is 37.3 Å². The number of likely N-dealkylation sites (N-methyl/N-ethyl adjacent to an activating group) is 1. The smallest absolute Gasteiger partial charge is 0.298 e. The van der Waals surface area contributed by atoms with Crippen molar-refractivity contribution in [1.82, 2.24) is 9.97 Å². The van der Waals surface area contributed by atoms with E-state index in [-0.39, 0.29) is 18.1 Å². The van der Waals surface area contributed by atoms with Crippen molar-refractivity contribution in [3.63, 3.8) is 0 Å². The van der Waals surface area contributed by atoms with Gasteiger partial charge in [-0.05, 0) is 45.0 Å². The summed E-state index contributed by atoms with van der Waals surface area (Å²) in [6, 6.07) is 15.5. The molecule has 2 heterocycles. The van der Waals surface area contributed by atoms with Gasteiger partial charge in [-0.15, -0.1) is 0 Å². The summed E-state index contributed by atoms with van der Waals surface area (Å²) in [5.74, 6) is -3.68. The average Bonchev–Trinajstić information content (AvgIpc) is 2.92. The summed E-state index contributed by atoms with van der Waals surface area (Å²) in [5.41, 5.74) is 0.873.